The zero-order chi connectivity index (χ0) is 48.0. The molecule has 0 aromatic heterocycles. The van der Waals surface area contributed by atoms with Crippen molar-refractivity contribution in [3.63, 3.8) is 0 Å². The predicted molar refractivity (Wildman–Crippen MR) is 276 cm³/mol. The van der Waals surface area contributed by atoms with E-state index in [1.807, 2.05) is 6.08 Å². The van der Waals surface area contributed by atoms with E-state index >= 15 is 0 Å². The highest BCUT2D eigenvalue weighted by molar-refractivity contribution is 5.76. The van der Waals surface area contributed by atoms with E-state index in [1.54, 1.807) is 6.08 Å². The van der Waals surface area contributed by atoms with Crippen molar-refractivity contribution in [2.24, 2.45) is 0 Å². The normalized spacial score (nSPS) is 20.7. The SMILES string of the molecule is CC/C=C\C/C=C\C/C=C\C/C=C\C/C=C\C/C=C\C/C=C\C/C=C\CCCCCCCCCCCCC(=O)NC(COC1OC(CO)C(O)C(O)C1O)C(O)/C=C/CCCCCCCC. The van der Waals surface area contributed by atoms with Crippen molar-refractivity contribution in [2.45, 2.75) is 230 Å². The molecule has 0 spiro atoms. The van der Waals surface area contributed by atoms with Crippen LogP contribution in [0.3, 0.4) is 0 Å². The molecule has 376 valence electrons. The molecule has 6 N–H and O–H groups in total. The van der Waals surface area contributed by atoms with Crippen LogP contribution in [0.4, 0.5) is 0 Å². The highest BCUT2D eigenvalue weighted by Crippen LogP contribution is 2.22. The first-order chi connectivity index (χ1) is 32.3. The van der Waals surface area contributed by atoms with Crippen LogP contribution in [0.25, 0.3) is 0 Å². The summed E-state index contributed by atoms with van der Waals surface area (Å²) < 4.78 is 11.2. The van der Waals surface area contributed by atoms with Crippen molar-refractivity contribution >= 4 is 5.91 Å². The lowest BCUT2D eigenvalue weighted by Gasteiger charge is -2.40. The van der Waals surface area contributed by atoms with Gasteiger partial charge in [-0.1, -0.05) is 207 Å². The summed E-state index contributed by atoms with van der Waals surface area (Å²) in [5.41, 5.74) is 0. The summed E-state index contributed by atoms with van der Waals surface area (Å²) in [6, 6.07) is -0.811. The number of aliphatic hydroxyl groups is 5. The summed E-state index contributed by atoms with van der Waals surface area (Å²) in [6.45, 7) is 3.59. The Morgan fingerprint density at radius 1 is 0.530 bits per heavy atom. The maximum atomic E-state index is 12.9. The lowest BCUT2D eigenvalue weighted by Crippen LogP contribution is -2.60. The maximum absolute atomic E-state index is 12.9. The molecule has 66 heavy (non-hydrogen) atoms. The molecule has 1 saturated heterocycles. The van der Waals surface area contributed by atoms with Gasteiger partial charge in [0.2, 0.25) is 5.91 Å². The molecule has 0 aromatic rings. The van der Waals surface area contributed by atoms with Crippen LogP contribution >= 0.6 is 0 Å². The van der Waals surface area contributed by atoms with Crippen molar-refractivity contribution in [1.82, 2.24) is 5.32 Å². The van der Waals surface area contributed by atoms with E-state index in [4.69, 9.17) is 9.47 Å². The third kappa shape index (κ3) is 35.1. The number of aliphatic hydroxyl groups excluding tert-OH is 5. The average Bonchev–Trinajstić information content (AvgIpc) is 3.32. The largest absolute Gasteiger partial charge is 0.394 e. The second-order valence-electron chi connectivity index (χ2n) is 17.6. The molecule has 1 aliphatic heterocycles. The maximum Gasteiger partial charge on any atom is 0.220 e. The molecule has 1 heterocycles. The quantitative estimate of drug-likeness (QED) is 0.0262. The molecule has 7 unspecified atom stereocenters. The fourth-order valence-corrected chi connectivity index (χ4v) is 7.46. The molecule has 0 saturated carbocycles. The van der Waals surface area contributed by atoms with Gasteiger partial charge in [-0.05, 0) is 83.5 Å². The number of allylic oxidation sites excluding steroid dienone is 17. The minimum Gasteiger partial charge on any atom is -0.394 e. The molecule has 0 aromatic carbocycles. The Kier molecular flexibility index (Phi) is 42.1. The Bertz CT molecular complexity index is 1390. The van der Waals surface area contributed by atoms with Crippen molar-refractivity contribution < 1.29 is 39.8 Å². The Labute approximate surface area is 402 Å². The van der Waals surface area contributed by atoms with E-state index in [-0.39, 0.29) is 12.5 Å². The lowest BCUT2D eigenvalue weighted by atomic mass is 9.99. The van der Waals surface area contributed by atoms with Crippen molar-refractivity contribution in [1.29, 1.82) is 0 Å². The zero-order valence-corrected chi connectivity index (χ0v) is 41.4. The number of ether oxygens (including phenoxy) is 2. The molecule has 1 amide bonds. The van der Waals surface area contributed by atoms with E-state index in [0.29, 0.717) is 6.42 Å². The van der Waals surface area contributed by atoms with Crippen LogP contribution in [0.2, 0.25) is 0 Å². The molecular weight excluding hydrogens is 827 g/mol. The van der Waals surface area contributed by atoms with E-state index < -0.39 is 49.5 Å². The first-order valence-electron chi connectivity index (χ1n) is 26.1. The Morgan fingerprint density at radius 3 is 1.39 bits per heavy atom. The number of unbranched alkanes of at least 4 members (excludes halogenated alkanes) is 16. The van der Waals surface area contributed by atoms with Gasteiger partial charge in [-0.15, -0.1) is 0 Å². The average molecular weight is 922 g/mol. The lowest BCUT2D eigenvalue weighted by molar-refractivity contribution is -0.302. The van der Waals surface area contributed by atoms with Gasteiger partial charge in [0.1, 0.15) is 24.4 Å². The number of hydrogen-bond donors (Lipinski definition) is 6. The van der Waals surface area contributed by atoms with Crippen molar-refractivity contribution in [3.05, 3.63) is 109 Å². The minimum absolute atomic E-state index is 0.191. The highest BCUT2D eigenvalue weighted by atomic mass is 16.7. The smallest absolute Gasteiger partial charge is 0.220 e. The summed E-state index contributed by atoms with van der Waals surface area (Å²) in [5, 5.41) is 54.0. The Morgan fingerprint density at radius 2 is 0.939 bits per heavy atom. The fourth-order valence-electron chi connectivity index (χ4n) is 7.46. The molecule has 9 heteroatoms. The third-order valence-electron chi connectivity index (χ3n) is 11.6. The number of rotatable bonds is 42. The second kappa shape index (κ2) is 45.6. The van der Waals surface area contributed by atoms with Crippen molar-refractivity contribution in [3.8, 4) is 0 Å². The highest BCUT2D eigenvalue weighted by Gasteiger charge is 2.44. The van der Waals surface area contributed by atoms with Crippen LogP contribution in [0.1, 0.15) is 187 Å². The van der Waals surface area contributed by atoms with Crippen LogP contribution in [-0.2, 0) is 14.3 Å². The van der Waals surface area contributed by atoms with Gasteiger partial charge < -0.3 is 40.3 Å². The monoisotopic (exact) mass is 922 g/mol. The molecule has 1 fully saturated rings. The molecule has 0 aliphatic carbocycles. The van der Waals surface area contributed by atoms with Gasteiger partial charge in [-0.3, -0.25) is 4.79 Å². The van der Waals surface area contributed by atoms with E-state index in [9.17, 15) is 30.3 Å². The summed E-state index contributed by atoms with van der Waals surface area (Å²) in [4.78, 5) is 12.9. The second-order valence-corrected chi connectivity index (χ2v) is 17.6. The number of carbonyl (C=O) groups is 1. The van der Waals surface area contributed by atoms with Gasteiger partial charge >= 0.3 is 0 Å². The minimum atomic E-state index is -1.57. The third-order valence-corrected chi connectivity index (χ3v) is 11.6. The standard InChI is InChI=1S/C57H95NO8/c1-3-5-7-9-11-13-14-15-16-17-18-19-20-21-22-23-24-25-26-27-28-29-30-31-32-33-34-35-36-37-38-39-41-43-45-47-53(61)58-50(51(60)46-44-42-40-12-10-8-6-4-2)49-65-57-56(64)55(63)54(62)52(48-59)66-57/h5,7,11,13,15-16,18-19,21-22,24-25,27-28,30-31,44,46,50-52,54-57,59-60,62-64H,3-4,6,8-10,12,14,17,20,23,26,29,32-43,45,47-49H2,1-2H3,(H,58,61)/b7-5-,13-11-,16-15-,19-18-,22-21-,25-24-,28-27-,31-30-,46-44+. The first-order valence-corrected chi connectivity index (χ1v) is 26.1. The van der Waals surface area contributed by atoms with Crippen LogP contribution in [0.15, 0.2) is 109 Å². The fraction of sp³-hybridized carbons (Fsp3) is 0.667. The Hall–Kier alpha value is -3.15. The van der Waals surface area contributed by atoms with Crippen LogP contribution in [-0.4, -0.2) is 87.5 Å². The van der Waals surface area contributed by atoms with Crippen LogP contribution in [0, 0.1) is 0 Å². The van der Waals surface area contributed by atoms with Gasteiger partial charge in [0, 0.05) is 6.42 Å². The van der Waals surface area contributed by atoms with Gasteiger partial charge in [0.25, 0.3) is 0 Å². The number of carbonyl (C=O) groups excluding carboxylic acids is 1. The van der Waals surface area contributed by atoms with Gasteiger partial charge in [0.05, 0.1) is 25.4 Å². The molecule has 9 nitrogen and oxygen atoms in total. The van der Waals surface area contributed by atoms with E-state index in [1.165, 1.54) is 64.2 Å². The van der Waals surface area contributed by atoms with Gasteiger partial charge in [0.15, 0.2) is 6.29 Å². The van der Waals surface area contributed by atoms with E-state index in [0.717, 1.165) is 103 Å². The summed E-state index contributed by atoms with van der Waals surface area (Å²) in [6.07, 6.45) is 60.2. The Balaban J connectivity index is 2.13. The number of hydrogen-bond acceptors (Lipinski definition) is 8. The number of nitrogens with one attached hydrogen (secondary N) is 1. The summed E-state index contributed by atoms with van der Waals surface area (Å²) in [7, 11) is 0. The molecule has 0 radical (unpaired) electrons. The summed E-state index contributed by atoms with van der Waals surface area (Å²) >= 11 is 0. The van der Waals surface area contributed by atoms with Gasteiger partial charge in [-0.25, -0.2) is 0 Å². The predicted octanol–water partition coefficient (Wildman–Crippen LogP) is 12.2. The van der Waals surface area contributed by atoms with Crippen molar-refractivity contribution in [2.75, 3.05) is 13.2 Å². The molecule has 0 bridgehead atoms. The summed E-state index contributed by atoms with van der Waals surface area (Å²) in [5.74, 6) is -0.191. The van der Waals surface area contributed by atoms with Crippen LogP contribution < -0.4 is 5.32 Å². The zero-order valence-electron chi connectivity index (χ0n) is 41.4. The van der Waals surface area contributed by atoms with Gasteiger partial charge in [-0.2, -0.15) is 0 Å². The molecule has 7 atom stereocenters. The van der Waals surface area contributed by atoms with Crippen LogP contribution in [0.5, 0.6) is 0 Å². The number of amides is 1. The van der Waals surface area contributed by atoms with E-state index in [2.05, 4.69) is 116 Å². The molecular formula is C57H95NO8. The topological polar surface area (TPSA) is 149 Å². The molecule has 1 rings (SSSR count). The first kappa shape index (κ1) is 60.9. The molecule has 1 aliphatic rings.